The zero-order valence-electron chi connectivity index (χ0n) is 13.1. The molecule has 0 aromatic rings. The molecule has 1 rings (SSSR count). The fourth-order valence-electron chi connectivity index (χ4n) is 2.99. The molecule has 1 N–H and O–H groups in total. The minimum absolute atomic E-state index is 0.264. The minimum atomic E-state index is 0.264. The van der Waals surface area contributed by atoms with E-state index in [1.54, 1.807) is 0 Å². The summed E-state index contributed by atoms with van der Waals surface area (Å²) in [6.07, 6.45) is 4.25. The first-order chi connectivity index (χ1) is 7.59. The van der Waals surface area contributed by atoms with Crippen molar-refractivity contribution in [3.8, 4) is 0 Å². The van der Waals surface area contributed by atoms with Crippen LogP contribution in [0.2, 0.25) is 0 Å². The Labute approximate surface area is 109 Å². The van der Waals surface area contributed by atoms with Crippen LogP contribution in [0.15, 0.2) is 0 Å². The summed E-state index contributed by atoms with van der Waals surface area (Å²) in [6.45, 7) is 17.6. The van der Waals surface area contributed by atoms with Crippen molar-refractivity contribution in [1.82, 2.24) is 5.32 Å². The van der Waals surface area contributed by atoms with Crippen LogP contribution in [-0.2, 0) is 0 Å². The van der Waals surface area contributed by atoms with Gasteiger partial charge in [-0.15, -0.1) is 0 Å². The van der Waals surface area contributed by atoms with Gasteiger partial charge in [-0.25, -0.2) is 0 Å². The molecule has 0 aromatic heterocycles. The summed E-state index contributed by atoms with van der Waals surface area (Å²) in [6, 6.07) is 0. The van der Waals surface area contributed by atoms with Gasteiger partial charge in [0.1, 0.15) is 0 Å². The number of nitrogens with one attached hydrogen (secondary N) is 1. The molecular weight excluding hydrogens is 206 g/mol. The number of hydrogen-bond acceptors (Lipinski definition) is 1. The molecule has 0 aliphatic heterocycles. The first-order valence-electron chi connectivity index (χ1n) is 7.34. The van der Waals surface area contributed by atoms with E-state index in [4.69, 9.17) is 0 Å². The van der Waals surface area contributed by atoms with Crippen LogP contribution in [0.25, 0.3) is 0 Å². The maximum atomic E-state index is 3.68. The lowest BCUT2D eigenvalue weighted by Gasteiger charge is -2.41. The smallest absolute Gasteiger partial charge is 0.00966 e. The van der Waals surface area contributed by atoms with Gasteiger partial charge in [0.15, 0.2) is 0 Å². The van der Waals surface area contributed by atoms with Gasteiger partial charge in [-0.1, -0.05) is 27.7 Å². The second kappa shape index (κ2) is 5.30. The van der Waals surface area contributed by atoms with E-state index in [1.807, 2.05) is 0 Å². The molecule has 0 saturated heterocycles. The summed E-state index contributed by atoms with van der Waals surface area (Å²) < 4.78 is 0. The molecule has 1 heteroatoms. The third-order valence-electron chi connectivity index (χ3n) is 4.47. The van der Waals surface area contributed by atoms with Crippen molar-refractivity contribution >= 4 is 0 Å². The normalized spacial score (nSPS) is 31.6. The van der Waals surface area contributed by atoms with Crippen LogP contribution in [0.5, 0.6) is 0 Å². The van der Waals surface area contributed by atoms with E-state index in [1.165, 1.54) is 25.8 Å². The Bertz CT molecular complexity index is 231. The molecule has 1 aliphatic rings. The highest BCUT2D eigenvalue weighted by atomic mass is 14.9. The topological polar surface area (TPSA) is 12.0 Å². The minimum Gasteiger partial charge on any atom is -0.312 e. The molecule has 3 unspecified atom stereocenters. The molecule has 0 bridgehead atoms. The summed E-state index contributed by atoms with van der Waals surface area (Å²) in [7, 11) is 0. The van der Waals surface area contributed by atoms with Crippen molar-refractivity contribution in [2.75, 3.05) is 6.54 Å². The van der Waals surface area contributed by atoms with E-state index in [0.29, 0.717) is 5.41 Å². The predicted octanol–water partition coefficient (Wildman–Crippen LogP) is 4.47. The average molecular weight is 239 g/mol. The van der Waals surface area contributed by atoms with Gasteiger partial charge in [0.2, 0.25) is 0 Å². The van der Waals surface area contributed by atoms with E-state index in [-0.39, 0.29) is 5.54 Å². The lowest BCUT2D eigenvalue weighted by molar-refractivity contribution is 0.103. The highest BCUT2D eigenvalue weighted by Gasteiger charge is 2.33. The molecule has 1 aliphatic carbocycles. The molecule has 1 saturated carbocycles. The van der Waals surface area contributed by atoms with Gasteiger partial charge in [0.05, 0.1) is 0 Å². The zero-order chi connectivity index (χ0) is 13.3. The zero-order valence-corrected chi connectivity index (χ0v) is 13.1. The maximum absolute atomic E-state index is 3.68. The van der Waals surface area contributed by atoms with Crippen LogP contribution in [0.3, 0.4) is 0 Å². The molecular formula is C16H33N. The fourth-order valence-corrected chi connectivity index (χ4v) is 2.99. The molecule has 0 aromatic carbocycles. The summed E-state index contributed by atoms with van der Waals surface area (Å²) in [5.74, 6) is 2.68. The summed E-state index contributed by atoms with van der Waals surface area (Å²) >= 11 is 0. The van der Waals surface area contributed by atoms with E-state index >= 15 is 0 Å². The van der Waals surface area contributed by atoms with Crippen molar-refractivity contribution in [1.29, 1.82) is 0 Å². The summed E-state index contributed by atoms with van der Waals surface area (Å²) in [5, 5.41) is 3.68. The quantitative estimate of drug-likeness (QED) is 0.749. The molecule has 1 fully saturated rings. The van der Waals surface area contributed by atoms with Gasteiger partial charge in [0.25, 0.3) is 0 Å². The van der Waals surface area contributed by atoms with Gasteiger partial charge in [-0.05, 0) is 69.7 Å². The highest BCUT2D eigenvalue weighted by molar-refractivity contribution is 4.86. The lowest BCUT2D eigenvalue weighted by Crippen LogP contribution is -2.42. The predicted molar refractivity (Wildman–Crippen MR) is 77.2 cm³/mol. The van der Waals surface area contributed by atoms with E-state index in [2.05, 4.69) is 53.8 Å². The Hall–Kier alpha value is -0.0400. The fraction of sp³-hybridized carbons (Fsp3) is 1.00. The Balaban J connectivity index is 2.43. The second-order valence-corrected chi connectivity index (χ2v) is 8.24. The third-order valence-corrected chi connectivity index (χ3v) is 4.47. The van der Waals surface area contributed by atoms with Gasteiger partial charge < -0.3 is 5.32 Å². The maximum Gasteiger partial charge on any atom is 0.00966 e. The molecule has 0 amide bonds. The van der Waals surface area contributed by atoms with Crippen molar-refractivity contribution in [2.45, 2.75) is 73.3 Å². The van der Waals surface area contributed by atoms with Crippen LogP contribution >= 0.6 is 0 Å². The van der Waals surface area contributed by atoms with Crippen LogP contribution < -0.4 is 5.32 Å². The van der Waals surface area contributed by atoms with Crippen LogP contribution in [0.4, 0.5) is 0 Å². The molecule has 102 valence electrons. The van der Waals surface area contributed by atoms with Gasteiger partial charge >= 0.3 is 0 Å². The SMILES string of the molecule is CC1CC(C(C)(C)C)CCC1CNC(C)(C)C. The Morgan fingerprint density at radius 3 is 2.00 bits per heavy atom. The molecule has 0 radical (unpaired) electrons. The van der Waals surface area contributed by atoms with Gasteiger partial charge in [-0.3, -0.25) is 0 Å². The summed E-state index contributed by atoms with van der Waals surface area (Å²) in [4.78, 5) is 0. The second-order valence-electron chi connectivity index (χ2n) is 8.24. The molecule has 0 heterocycles. The van der Waals surface area contributed by atoms with Crippen LogP contribution in [-0.4, -0.2) is 12.1 Å². The average Bonchev–Trinajstić information content (AvgIpc) is 2.12. The van der Waals surface area contributed by atoms with Crippen LogP contribution in [0, 0.1) is 23.2 Å². The van der Waals surface area contributed by atoms with Gasteiger partial charge in [-0.2, -0.15) is 0 Å². The van der Waals surface area contributed by atoms with Crippen molar-refractivity contribution in [3.63, 3.8) is 0 Å². The standard InChI is InChI=1S/C16H33N/c1-12-10-14(15(2,3)4)9-8-13(12)11-17-16(5,6)7/h12-14,17H,8-11H2,1-7H3. The Kier molecular flexibility index (Phi) is 4.68. The molecule has 3 atom stereocenters. The summed E-state index contributed by atoms with van der Waals surface area (Å²) in [5.41, 5.74) is 0.761. The Morgan fingerprint density at radius 1 is 1.00 bits per heavy atom. The highest BCUT2D eigenvalue weighted by Crippen LogP contribution is 2.42. The monoisotopic (exact) mass is 239 g/mol. The first-order valence-corrected chi connectivity index (χ1v) is 7.34. The largest absolute Gasteiger partial charge is 0.312 e. The van der Waals surface area contributed by atoms with Crippen molar-refractivity contribution < 1.29 is 0 Å². The molecule has 1 nitrogen and oxygen atoms in total. The molecule has 17 heavy (non-hydrogen) atoms. The van der Waals surface area contributed by atoms with Crippen molar-refractivity contribution in [2.24, 2.45) is 23.2 Å². The number of hydrogen-bond donors (Lipinski definition) is 1. The number of rotatable bonds is 2. The Morgan fingerprint density at radius 2 is 1.59 bits per heavy atom. The van der Waals surface area contributed by atoms with E-state index in [0.717, 1.165) is 17.8 Å². The third kappa shape index (κ3) is 4.99. The van der Waals surface area contributed by atoms with E-state index < -0.39 is 0 Å². The molecule has 0 spiro atoms. The van der Waals surface area contributed by atoms with E-state index in [9.17, 15) is 0 Å². The first kappa shape index (κ1) is 15.0. The van der Waals surface area contributed by atoms with Gasteiger partial charge in [0, 0.05) is 5.54 Å². The van der Waals surface area contributed by atoms with Crippen molar-refractivity contribution in [3.05, 3.63) is 0 Å². The van der Waals surface area contributed by atoms with Crippen LogP contribution in [0.1, 0.15) is 67.7 Å². The lowest BCUT2D eigenvalue weighted by atomic mass is 9.66.